The molecule has 1 aliphatic heterocycles. The molecular formula is C28H31FN4O3. The summed E-state index contributed by atoms with van der Waals surface area (Å²) >= 11 is 0. The highest BCUT2D eigenvalue weighted by atomic mass is 19.1. The first-order chi connectivity index (χ1) is 17.3. The Kier molecular flexibility index (Phi) is 7.64. The van der Waals surface area contributed by atoms with Crippen molar-refractivity contribution in [2.75, 3.05) is 6.54 Å². The average Bonchev–Trinajstić information content (AvgIpc) is 3.29. The highest BCUT2D eigenvalue weighted by Gasteiger charge is 2.42. The van der Waals surface area contributed by atoms with E-state index >= 15 is 0 Å². The monoisotopic (exact) mass is 490 g/mol. The molecular weight excluding hydrogens is 459 g/mol. The van der Waals surface area contributed by atoms with Gasteiger partial charge < -0.3 is 20.5 Å². The number of nitrogens with two attached hydrogens (primary N) is 1. The molecule has 2 heterocycles. The standard InChI is InChI=1S/C28H31FN4O3/c1-18(30)20-11-13-22(14-12-20)26(21-8-4-3-5-9-21)31-27(35)24-16-23(29)17-33(24)28(36)19(2)32-15-7-6-10-25(32)34/h3-15,18-19,23-24,26H,16-17,30H2,1-2H3,(H,31,35)/t18?,19?,23-,24+,26+/m1/s1. The largest absolute Gasteiger partial charge is 0.343 e. The number of halogens is 1. The van der Waals surface area contributed by atoms with Crippen LogP contribution in [0.5, 0.6) is 0 Å². The lowest BCUT2D eigenvalue weighted by Crippen LogP contribution is -2.49. The van der Waals surface area contributed by atoms with Crippen LogP contribution < -0.4 is 16.6 Å². The van der Waals surface area contributed by atoms with Crippen LogP contribution in [0.2, 0.25) is 0 Å². The molecule has 0 saturated carbocycles. The van der Waals surface area contributed by atoms with Crippen LogP contribution in [0.25, 0.3) is 0 Å². The zero-order valence-electron chi connectivity index (χ0n) is 20.4. The first-order valence-electron chi connectivity index (χ1n) is 12.1. The van der Waals surface area contributed by atoms with Gasteiger partial charge in [-0.05, 0) is 36.6 Å². The van der Waals surface area contributed by atoms with E-state index in [1.165, 1.54) is 21.7 Å². The number of benzene rings is 2. The molecule has 0 aliphatic carbocycles. The number of nitrogens with zero attached hydrogens (tertiary/aromatic N) is 2. The molecule has 36 heavy (non-hydrogen) atoms. The zero-order chi connectivity index (χ0) is 25.8. The highest BCUT2D eigenvalue weighted by molar-refractivity contribution is 5.90. The molecule has 7 nitrogen and oxygen atoms in total. The van der Waals surface area contributed by atoms with E-state index in [1.54, 1.807) is 19.1 Å². The van der Waals surface area contributed by atoms with Gasteiger partial charge in [-0.2, -0.15) is 0 Å². The van der Waals surface area contributed by atoms with Crippen molar-refractivity contribution in [1.82, 2.24) is 14.8 Å². The Balaban J connectivity index is 1.59. The second kappa shape index (κ2) is 10.9. The van der Waals surface area contributed by atoms with E-state index in [1.807, 2.05) is 61.5 Å². The number of carbonyl (C=O) groups is 2. The van der Waals surface area contributed by atoms with Crippen molar-refractivity contribution in [2.24, 2.45) is 5.73 Å². The zero-order valence-corrected chi connectivity index (χ0v) is 20.4. The minimum absolute atomic E-state index is 0.0981. The van der Waals surface area contributed by atoms with Gasteiger partial charge in [0.1, 0.15) is 18.3 Å². The summed E-state index contributed by atoms with van der Waals surface area (Å²) in [5.41, 5.74) is 8.31. The number of carbonyl (C=O) groups excluding carboxylic acids is 2. The molecule has 2 aromatic carbocycles. The third-order valence-electron chi connectivity index (χ3n) is 6.68. The Labute approximate surface area is 209 Å². The summed E-state index contributed by atoms with van der Waals surface area (Å²) < 4.78 is 15.8. The second-order valence-electron chi connectivity index (χ2n) is 9.27. The summed E-state index contributed by atoms with van der Waals surface area (Å²) in [6, 6.07) is 19.3. The van der Waals surface area contributed by atoms with Crippen LogP contribution in [-0.4, -0.2) is 40.0 Å². The predicted octanol–water partition coefficient (Wildman–Crippen LogP) is 3.27. The lowest BCUT2D eigenvalue weighted by Gasteiger charge is -2.29. The van der Waals surface area contributed by atoms with Crippen LogP contribution in [0.15, 0.2) is 83.8 Å². The highest BCUT2D eigenvalue weighted by Crippen LogP contribution is 2.27. The van der Waals surface area contributed by atoms with E-state index in [0.29, 0.717) is 0 Å². The molecule has 1 saturated heterocycles. The van der Waals surface area contributed by atoms with Gasteiger partial charge >= 0.3 is 0 Å². The van der Waals surface area contributed by atoms with Crippen molar-refractivity contribution in [3.8, 4) is 0 Å². The summed E-state index contributed by atoms with van der Waals surface area (Å²) in [4.78, 5) is 40.3. The quantitative estimate of drug-likeness (QED) is 0.531. The minimum atomic E-state index is -1.33. The molecule has 8 heteroatoms. The Morgan fingerprint density at radius 2 is 1.56 bits per heavy atom. The molecule has 4 rings (SSSR count). The molecule has 0 spiro atoms. The van der Waals surface area contributed by atoms with E-state index < -0.39 is 36.1 Å². The van der Waals surface area contributed by atoms with Gasteiger partial charge in [0.05, 0.1) is 12.6 Å². The lowest BCUT2D eigenvalue weighted by atomic mass is 9.96. The van der Waals surface area contributed by atoms with Crippen LogP contribution in [0.3, 0.4) is 0 Å². The molecule has 0 radical (unpaired) electrons. The van der Waals surface area contributed by atoms with Crippen LogP contribution in [0.1, 0.15) is 55.1 Å². The lowest BCUT2D eigenvalue weighted by molar-refractivity contribution is -0.141. The molecule has 5 atom stereocenters. The summed E-state index contributed by atoms with van der Waals surface area (Å²) in [7, 11) is 0. The topological polar surface area (TPSA) is 97.4 Å². The Morgan fingerprint density at radius 3 is 2.19 bits per heavy atom. The van der Waals surface area contributed by atoms with Crippen LogP contribution in [0.4, 0.5) is 4.39 Å². The third kappa shape index (κ3) is 5.39. The fourth-order valence-electron chi connectivity index (χ4n) is 4.63. The molecule has 188 valence electrons. The number of pyridine rings is 1. The number of amides is 2. The molecule has 3 aromatic rings. The van der Waals surface area contributed by atoms with Gasteiger partial charge in [0.25, 0.3) is 5.56 Å². The van der Waals surface area contributed by atoms with Crippen molar-refractivity contribution >= 4 is 11.8 Å². The number of hydrogen-bond donors (Lipinski definition) is 2. The first-order valence-corrected chi connectivity index (χ1v) is 12.1. The maximum atomic E-state index is 14.5. The van der Waals surface area contributed by atoms with Crippen molar-refractivity contribution < 1.29 is 14.0 Å². The van der Waals surface area contributed by atoms with Gasteiger partial charge in [0, 0.05) is 24.7 Å². The van der Waals surface area contributed by atoms with Gasteiger partial charge in [0.2, 0.25) is 11.8 Å². The average molecular weight is 491 g/mol. The smallest absolute Gasteiger partial charge is 0.251 e. The summed E-state index contributed by atoms with van der Waals surface area (Å²) in [6.07, 6.45) is 0.0873. The fourth-order valence-corrected chi connectivity index (χ4v) is 4.63. The number of likely N-dealkylation sites (tertiary alicyclic amines) is 1. The molecule has 1 fully saturated rings. The van der Waals surface area contributed by atoms with Crippen LogP contribution >= 0.6 is 0 Å². The number of alkyl halides is 1. The van der Waals surface area contributed by atoms with Gasteiger partial charge in [-0.15, -0.1) is 0 Å². The van der Waals surface area contributed by atoms with Crippen LogP contribution in [-0.2, 0) is 9.59 Å². The first kappa shape index (κ1) is 25.3. The maximum absolute atomic E-state index is 14.5. The fraction of sp³-hybridized carbons (Fsp3) is 0.321. The van der Waals surface area contributed by atoms with Crippen molar-refractivity contribution in [1.29, 1.82) is 0 Å². The number of nitrogens with one attached hydrogen (secondary N) is 1. The van der Waals surface area contributed by atoms with Crippen LogP contribution in [0, 0.1) is 0 Å². The number of aromatic nitrogens is 1. The van der Waals surface area contributed by atoms with Crippen molar-refractivity contribution in [3.05, 3.63) is 106 Å². The SMILES string of the molecule is CC(N)c1ccc([C@@H](NC(=O)[C@@H]2C[C@@H](F)CN2C(=O)C(C)n2ccccc2=O)c2ccccc2)cc1. The Hall–Kier alpha value is -3.78. The maximum Gasteiger partial charge on any atom is 0.251 e. The van der Waals surface area contributed by atoms with Gasteiger partial charge in [-0.25, -0.2) is 4.39 Å². The predicted molar refractivity (Wildman–Crippen MR) is 136 cm³/mol. The molecule has 1 aromatic heterocycles. The van der Waals surface area contributed by atoms with E-state index in [-0.39, 0.29) is 24.6 Å². The number of rotatable bonds is 7. The van der Waals surface area contributed by atoms with Crippen molar-refractivity contribution in [3.63, 3.8) is 0 Å². The van der Waals surface area contributed by atoms with Gasteiger partial charge in [0.15, 0.2) is 0 Å². The molecule has 3 N–H and O–H groups in total. The van der Waals surface area contributed by atoms with Crippen molar-refractivity contribution in [2.45, 2.75) is 50.6 Å². The van der Waals surface area contributed by atoms with Gasteiger partial charge in [-0.3, -0.25) is 14.4 Å². The third-order valence-corrected chi connectivity index (χ3v) is 6.68. The van der Waals surface area contributed by atoms with E-state index in [9.17, 15) is 18.8 Å². The molecule has 2 unspecified atom stereocenters. The Morgan fingerprint density at radius 1 is 0.944 bits per heavy atom. The van der Waals surface area contributed by atoms with E-state index in [2.05, 4.69) is 5.32 Å². The summed E-state index contributed by atoms with van der Waals surface area (Å²) in [5.74, 6) is -0.914. The molecule has 1 aliphatic rings. The van der Waals surface area contributed by atoms with E-state index in [0.717, 1.165) is 16.7 Å². The second-order valence-corrected chi connectivity index (χ2v) is 9.27. The minimum Gasteiger partial charge on any atom is -0.343 e. The summed E-state index contributed by atoms with van der Waals surface area (Å²) in [5, 5.41) is 3.04. The van der Waals surface area contributed by atoms with E-state index in [4.69, 9.17) is 5.73 Å². The number of hydrogen-bond acceptors (Lipinski definition) is 4. The van der Waals surface area contributed by atoms with Gasteiger partial charge in [-0.1, -0.05) is 60.7 Å². The normalized spacial score (nSPS) is 19.9. The molecule has 0 bridgehead atoms. The molecule has 2 amide bonds. The Bertz CT molecular complexity index is 1260. The summed E-state index contributed by atoms with van der Waals surface area (Å²) in [6.45, 7) is 3.29.